The highest BCUT2D eigenvalue weighted by Crippen LogP contribution is 2.38. The number of H-pyrrole nitrogens is 1. The number of pyridine rings is 1. The van der Waals surface area contributed by atoms with E-state index in [-0.39, 0.29) is 11.4 Å². The lowest BCUT2D eigenvalue weighted by molar-refractivity contribution is 0.0520. The van der Waals surface area contributed by atoms with Crippen LogP contribution in [0, 0.1) is 23.2 Å². The number of fused-ring (bicyclic) bond motifs is 2. The summed E-state index contributed by atoms with van der Waals surface area (Å²) in [7, 11) is 0. The van der Waals surface area contributed by atoms with E-state index in [0.29, 0.717) is 23.8 Å². The maximum atomic E-state index is 12.4. The number of rotatable bonds is 3. The maximum absolute atomic E-state index is 12.4. The van der Waals surface area contributed by atoms with Crippen molar-refractivity contribution in [1.29, 1.82) is 0 Å². The number of esters is 1. The predicted octanol–water partition coefficient (Wildman–Crippen LogP) is 6.07. The molecule has 0 amide bonds. The second kappa shape index (κ2) is 9.96. The molecule has 1 unspecified atom stereocenters. The second-order valence-corrected chi connectivity index (χ2v) is 8.44. The van der Waals surface area contributed by atoms with Crippen molar-refractivity contribution in [3.63, 3.8) is 0 Å². The van der Waals surface area contributed by atoms with Gasteiger partial charge >= 0.3 is 5.97 Å². The molecule has 1 aliphatic carbocycles. The van der Waals surface area contributed by atoms with E-state index in [0.717, 1.165) is 48.8 Å². The Morgan fingerprint density at radius 3 is 2.66 bits per heavy atom. The number of aryl methyl sites for hydroxylation is 1. The molecule has 2 aromatic rings. The van der Waals surface area contributed by atoms with Gasteiger partial charge in [-0.15, -0.1) is 0 Å². The molecule has 1 atom stereocenters. The number of aromatic amines is 1. The Kier molecular flexibility index (Phi) is 7.90. The molecular weight excluding hydrogens is 360 g/mol. The average Bonchev–Trinajstić information content (AvgIpc) is 3.04. The molecule has 1 N–H and O–H groups in total. The summed E-state index contributed by atoms with van der Waals surface area (Å²) in [5, 5.41) is 0. The van der Waals surface area contributed by atoms with Crippen molar-refractivity contribution in [2.24, 2.45) is 11.3 Å². The molecule has 158 valence electrons. The van der Waals surface area contributed by atoms with E-state index < -0.39 is 0 Å². The minimum atomic E-state index is -0.359. The van der Waals surface area contributed by atoms with E-state index in [9.17, 15) is 4.79 Å². The third kappa shape index (κ3) is 5.21. The van der Waals surface area contributed by atoms with E-state index in [1.807, 2.05) is 20.8 Å². The van der Waals surface area contributed by atoms with Crippen LogP contribution in [0.25, 0.3) is 11.0 Å². The van der Waals surface area contributed by atoms with Crippen molar-refractivity contribution in [3.05, 3.63) is 28.6 Å². The zero-order chi connectivity index (χ0) is 21.6. The molecule has 0 radical (unpaired) electrons. The van der Waals surface area contributed by atoms with E-state index >= 15 is 0 Å². The van der Waals surface area contributed by atoms with E-state index in [4.69, 9.17) is 9.72 Å². The topological polar surface area (TPSA) is 55.0 Å². The van der Waals surface area contributed by atoms with Crippen LogP contribution in [-0.4, -0.2) is 22.5 Å². The number of hydrogen-bond donors (Lipinski definition) is 1. The van der Waals surface area contributed by atoms with Crippen LogP contribution in [0.15, 0.2) is 6.07 Å². The Labute approximate surface area is 175 Å². The van der Waals surface area contributed by atoms with Crippen LogP contribution in [0.2, 0.25) is 0 Å². The fraction of sp³-hybridized carbons (Fsp3) is 0.600. The fourth-order valence-electron chi connectivity index (χ4n) is 3.76. The summed E-state index contributed by atoms with van der Waals surface area (Å²) in [4.78, 5) is 20.6. The summed E-state index contributed by atoms with van der Waals surface area (Å²) in [5.74, 6) is 6.61. The Morgan fingerprint density at radius 1 is 1.31 bits per heavy atom. The van der Waals surface area contributed by atoms with E-state index in [1.165, 1.54) is 5.56 Å². The lowest BCUT2D eigenvalue weighted by atomic mass is 9.71. The molecule has 0 spiro atoms. The van der Waals surface area contributed by atoms with Crippen LogP contribution in [-0.2, 0) is 17.6 Å². The fourth-order valence-corrected chi connectivity index (χ4v) is 3.76. The zero-order valence-electron chi connectivity index (χ0n) is 19.2. The summed E-state index contributed by atoms with van der Waals surface area (Å²) in [6.07, 6.45) is 4.95. The molecule has 0 bridgehead atoms. The normalized spacial score (nSPS) is 15.6. The Hall–Kier alpha value is -2.28. The van der Waals surface area contributed by atoms with Crippen molar-refractivity contribution in [3.8, 4) is 11.8 Å². The highest BCUT2D eigenvalue weighted by Gasteiger charge is 2.30. The monoisotopic (exact) mass is 396 g/mol. The van der Waals surface area contributed by atoms with Gasteiger partial charge in [0, 0.05) is 12.1 Å². The van der Waals surface area contributed by atoms with Gasteiger partial charge in [-0.05, 0) is 55.6 Å². The molecule has 0 saturated heterocycles. The standard InChI is InChI=1S/C23H30N2O2.C2H6/c1-6-8-9-10-17-20-19(25-21(17)22(26)27-7-2)14-15-13-16(23(3,4)5)11-12-18(15)24-20;1-2/h14,16,25H,6-8,11-13H2,1-5H3;1-2H3. The molecule has 1 aliphatic rings. The average molecular weight is 397 g/mol. The van der Waals surface area contributed by atoms with E-state index in [1.54, 1.807) is 0 Å². The number of hydrogen-bond acceptors (Lipinski definition) is 3. The predicted molar refractivity (Wildman–Crippen MR) is 120 cm³/mol. The zero-order valence-corrected chi connectivity index (χ0v) is 19.2. The highest BCUT2D eigenvalue weighted by molar-refractivity contribution is 5.99. The molecule has 2 aromatic heterocycles. The Balaban J connectivity index is 0.00000145. The summed E-state index contributed by atoms with van der Waals surface area (Å²) in [6.45, 7) is 15.2. The van der Waals surface area contributed by atoms with Crippen LogP contribution in [0.1, 0.15) is 95.0 Å². The van der Waals surface area contributed by atoms with Gasteiger partial charge in [-0.1, -0.05) is 53.4 Å². The van der Waals surface area contributed by atoms with Gasteiger partial charge in [0.25, 0.3) is 0 Å². The number of nitrogens with zero attached hydrogens (tertiary/aromatic N) is 1. The number of carbonyl (C=O) groups is 1. The number of nitrogens with one attached hydrogen (secondary N) is 1. The first-order valence-corrected chi connectivity index (χ1v) is 11.1. The van der Waals surface area contributed by atoms with Crippen LogP contribution in [0.3, 0.4) is 0 Å². The third-order valence-corrected chi connectivity index (χ3v) is 5.43. The van der Waals surface area contributed by atoms with E-state index in [2.05, 4.69) is 50.6 Å². The number of ether oxygens (including phenoxy) is 1. The minimum absolute atomic E-state index is 0.287. The van der Waals surface area contributed by atoms with Gasteiger partial charge in [0.15, 0.2) is 0 Å². The minimum Gasteiger partial charge on any atom is -0.461 e. The van der Waals surface area contributed by atoms with Gasteiger partial charge in [0.1, 0.15) is 11.2 Å². The smallest absolute Gasteiger partial charge is 0.356 e. The first kappa shape index (κ1) is 23.0. The van der Waals surface area contributed by atoms with Gasteiger partial charge in [0.2, 0.25) is 0 Å². The number of carbonyl (C=O) groups excluding carboxylic acids is 1. The van der Waals surface area contributed by atoms with Crippen molar-refractivity contribution in [2.45, 2.75) is 80.6 Å². The molecule has 2 heterocycles. The lowest BCUT2D eigenvalue weighted by Gasteiger charge is -2.34. The number of unbranched alkanes of at least 4 members (excludes halogenated alkanes) is 1. The van der Waals surface area contributed by atoms with Crippen molar-refractivity contribution in [1.82, 2.24) is 9.97 Å². The van der Waals surface area contributed by atoms with Gasteiger partial charge in [0.05, 0.1) is 17.7 Å². The number of aromatic nitrogens is 2. The van der Waals surface area contributed by atoms with Gasteiger partial charge < -0.3 is 9.72 Å². The lowest BCUT2D eigenvalue weighted by Crippen LogP contribution is -2.27. The molecule has 4 heteroatoms. The Morgan fingerprint density at radius 2 is 2.03 bits per heavy atom. The summed E-state index contributed by atoms with van der Waals surface area (Å²) in [5.41, 5.74) is 5.52. The summed E-state index contributed by atoms with van der Waals surface area (Å²) >= 11 is 0. The van der Waals surface area contributed by atoms with Gasteiger partial charge in [-0.2, -0.15) is 0 Å². The Bertz CT molecular complexity index is 907. The van der Waals surface area contributed by atoms with Crippen LogP contribution in [0.4, 0.5) is 0 Å². The van der Waals surface area contributed by atoms with Crippen LogP contribution < -0.4 is 0 Å². The first-order chi connectivity index (χ1) is 13.8. The maximum Gasteiger partial charge on any atom is 0.356 e. The summed E-state index contributed by atoms with van der Waals surface area (Å²) < 4.78 is 5.23. The molecular formula is C25H36N2O2. The summed E-state index contributed by atoms with van der Waals surface area (Å²) in [6, 6.07) is 2.17. The molecule has 0 fully saturated rings. The molecule has 0 aromatic carbocycles. The van der Waals surface area contributed by atoms with Crippen LogP contribution >= 0.6 is 0 Å². The van der Waals surface area contributed by atoms with Gasteiger partial charge in [-0.3, -0.25) is 0 Å². The first-order valence-electron chi connectivity index (χ1n) is 11.1. The van der Waals surface area contributed by atoms with Crippen LogP contribution in [0.5, 0.6) is 0 Å². The second-order valence-electron chi connectivity index (χ2n) is 8.44. The molecule has 29 heavy (non-hydrogen) atoms. The molecule has 3 rings (SSSR count). The SMILES string of the molecule is CC.CCCC#Cc1c(C(=O)OCC)[nH]c2cc3c(nc12)CCC(C(C)(C)C)C3. The molecule has 0 saturated carbocycles. The van der Waals surface area contributed by atoms with Crippen molar-refractivity contribution >= 4 is 17.0 Å². The van der Waals surface area contributed by atoms with Crippen molar-refractivity contribution < 1.29 is 9.53 Å². The van der Waals surface area contributed by atoms with Crippen molar-refractivity contribution in [2.75, 3.05) is 6.61 Å². The highest BCUT2D eigenvalue weighted by atomic mass is 16.5. The molecule has 0 aliphatic heterocycles. The van der Waals surface area contributed by atoms with Gasteiger partial charge in [-0.25, -0.2) is 9.78 Å². The largest absolute Gasteiger partial charge is 0.461 e. The quantitative estimate of drug-likeness (QED) is 0.506. The molecule has 4 nitrogen and oxygen atoms in total. The third-order valence-electron chi connectivity index (χ3n) is 5.43.